The predicted octanol–water partition coefficient (Wildman–Crippen LogP) is 1.30. The van der Waals surface area contributed by atoms with Gasteiger partial charge in [0.05, 0.1) is 6.61 Å². The van der Waals surface area contributed by atoms with Crippen LogP contribution in [0.15, 0.2) is 24.3 Å². The molecule has 2 aliphatic heterocycles. The maximum atomic E-state index is 13.0. The van der Waals surface area contributed by atoms with E-state index < -0.39 is 16.8 Å². The Balaban J connectivity index is 1.75. The third-order valence-electron chi connectivity index (χ3n) is 4.90. The fraction of sp³-hybridized carbons (Fsp3) is 0.526. The number of nitrogens with one attached hydrogen (secondary N) is 2. The second-order valence-corrected chi connectivity index (χ2v) is 9.02. The highest BCUT2D eigenvalue weighted by atomic mass is 32.2. The zero-order valence-corrected chi connectivity index (χ0v) is 16.8. The molecule has 7 nitrogen and oxygen atoms in total. The van der Waals surface area contributed by atoms with E-state index >= 15 is 0 Å². The Morgan fingerprint density at radius 3 is 2.74 bits per heavy atom. The highest BCUT2D eigenvalue weighted by Crippen LogP contribution is 2.56. The van der Waals surface area contributed by atoms with Crippen LogP contribution < -0.4 is 10.6 Å². The first-order valence-electron chi connectivity index (χ1n) is 8.94. The zero-order valence-electron chi connectivity index (χ0n) is 15.9. The first-order valence-corrected chi connectivity index (χ1v) is 9.82. The number of amides is 3. The van der Waals surface area contributed by atoms with Gasteiger partial charge in [-0.05, 0) is 32.4 Å². The van der Waals surface area contributed by atoms with Crippen LogP contribution in [0.1, 0.15) is 42.1 Å². The van der Waals surface area contributed by atoms with Crippen molar-refractivity contribution >= 4 is 29.5 Å². The molecule has 1 saturated heterocycles. The molecule has 2 heterocycles. The third-order valence-corrected chi connectivity index (χ3v) is 6.44. The summed E-state index contributed by atoms with van der Waals surface area (Å²) < 4.78 is 4.43. The molecule has 3 atom stereocenters. The van der Waals surface area contributed by atoms with Crippen molar-refractivity contribution in [3.05, 3.63) is 35.4 Å². The van der Waals surface area contributed by atoms with Crippen LogP contribution in [-0.2, 0) is 14.3 Å². The molecule has 3 rings (SSSR count). The minimum atomic E-state index is -0.700. The molecule has 0 radical (unpaired) electrons. The second kappa shape index (κ2) is 7.52. The summed E-state index contributed by atoms with van der Waals surface area (Å²) in [5, 5.41) is 5.29. The number of carbonyl (C=O) groups excluding carboxylic acids is 3. The van der Waals surface area contributed by atoms with Gasteiger partial charge >= 0.3 is 0 Å². The minimum absolute atomic E-state index is 0.133. The molecule has 0 bridgehead atoms. The predicted molar refractivity (Wildman–Crippen MR) is 103 cm³/mol. The van der Waals surface area contributed by atoms with E-state index in [9.17, 15) is 14.4 Å². The lowest BCUT2D eigenvalue weighted by atomic mass is 10.0. The van der Waals surface area contributed by atoms with E-state index in [0.29, 0.717) is 18.7 Å². The topological polar surface area (TPSA) is 87.7 Å². The van der Waals surface area contributed by atoms with Gasteiger partial charge in [-0.3, -0.25) is 14.4 Å². The standard InChI is InChI=1S/C19H25N3O4S/c1-11(15(23)20-9-10-26-4)21-16(24)14-19(2,3)27-18-13-8-6-5-7-12(13)17(25)22(14)18/h5-8,11,14,18H,9-10H2,1-4H3,(H,20,23)(H,21,24). The van der Waals surface area contributed by atoms with Crippen LogP contribution in [0.4, 0.5) is 0 Å². The molecule has 146 valence electrons. The summed E-state index contributed by atoms with van der Waals surface area (Å²) in [4.78, 5) is 39.7. The molecule has 3 unspecified atom stereocenters. The molecule has 2 aliphatic rings. The molecule has 1 aromatic carbocycles. The third kappa shape index (κ3) is 3.55. The number of thioether (sulfide) groups is 1. The lowest BCUT2D eigenvalue weighted by molar-refractivity contribution is -0.131. The normalized spacial score (nSPS) is 23.6. The van der Waals surface area contributed by atoms with Crippen LogP contribution >= 0.6 is 11.8 Å². The number of carbonyl (C=O) groups is 3. The average Bonchev–Trinajstić information content (AvgIpc) is 3.05. The number of benzene rings is 1. The van der Waals surface area contributed by atoms with E-state index in [2.05, 4.69) is 10.6 Å². The van der Waals surface area contributed by atoms with E-state index in [1.807, 2.05) is 32.0 Å². The van der Waals surface area contributed by atoms with Crippen LogP contribution in [0.3, 0.4) is 0 Å². The van der Waals surface area contributed by atoms with Crippen LogP contribution in [0.5, 0.6) is 0 Å². The van der Waals surface area contributed by atoms with Gasteiger partial charge < -0.3 is 20.3 Å². The maximum Gasteiger partial charge on any atom is 0.256 e. The second-order valence-electron chi connectivity index (χ2n) is 7.29. The van der Waals surface area contributed by atoms with Gasteiger partial charge in [0.2, 0.25) is 11.8 Å². The molecule has 3 amide bonds. The lowest BCUT2D eigenvalue weighted by Gasteiger charge is -2.30. The Morgan fingerprint density at radius 2 is 2.04 bits per heavy atom. The summed E-state index contributed by atoms with van der Waals surface area (Å²) in [5.41, 5.74) is 1.59. The SMILES string of the molecule is COCCNC(=O)C(C)NC(=O)C1N2C(=O)c3ccccc3C2SC1(C)C. The van der Waals surface area contributed by atoms with Crippen LogP contribution in [0.25, 0.3) is 0 Å². The largest absolute Gasteiger partial charge is 0.383 e. The van der Waals surface area contributed by atoms with Gasteiger partial charge in [-0.1, -0.05) is 18.2 Å². The van der Waals surface area contributed by atoms with Gasteiger partial charge in [-0.25, -0.2) is 0 Å². The van der Waals surface area contributed by atoms with Crippen molar-refractivity contribution in [2.24, 2.45) is 0 Å². The molecule has 0 saturated carbocycles. The minimum Gasteiger partial charge on any atom is -0.383 e. The highest BCUT2D eigenvalue weighted by Gasteiger charge is 2.57. The number of ether oxygens (including phenoxy) is 1. The number of hydrogen-bond donors (Lipinski definition) is 2. The summed E-state index contributed by atoms with van der Waals surface area (Å²) in [6, 6.07) is 6.12. The molecule has 27 heavy (non-hydrogen) atoms. The van der Waals surface area contributed by atoms with E-state index in [4.69, 9.17) is 4.74 Å². The average molecular weight is 391 g/mol. The molecule has 0 spiro atoms. The molecule has 0 aliphatic carbocycles. The fourth-order valence-electron chi connectivity index (χ4n) is 3.59. The molecule has 1 fully saturated rings. The van der Waals surface area contributed by atoms with E-state index in [1.54, 1.807) is 36.8 Å². The van der Waals surface area contributed by atoms with Crippen molar-refractivity contribution in [2.45, 2.75) is 43.0 Å². The van der Waals surface area contributed by atoms with E-state index in [0.717, 1.165) is 5.56 Å². The maximum absolute atomic E-state index is 13.0. The Morgan fingerprint density at radius 1 is 1.33 bits per heavy atom. The number of fused-ring (bicyclic) bond motifs is 3. The summed E-state index contributed by atoms with van der Waals surface area (Å²) in [6.45, 7) is 6.33. The summed E-state index contributed by atoms with van der Waals surface area (Å²) in [7, 11) is 1.55. The van der Waals surface area contributed by atoms with Gasteiger partial charge in [-0.15, -0.1) is 11.8 Å². The number of methoxy groups -OCH3 is 1. The first kappa shape index (κ1) is 19.7. The molecule has 8 heteroatoms. The quantitative estimate of drug-likeness (QED) is 0.714. The van der Waals surface area contributed by atoms with Crippen molar-refractivity contribution in [3.63, 3.8) is 0 Å². The first-order chi connectivity index (χ1) is 12.8. The van der Waals surface area contributed by atoms with Crippen molar-refractivity contribution in [2.75, 3.05) is 20.3 Å². The molecule has 1 aromatic rings. The van der Waals surface area contributed by atoms with Crippen molar-refractivity contribution in [1.82, 2.24) is 15.5 Å². The summed E-state index contributed by atoms with van der Waals surface area (Å²) in [5.74, 6) is -0.729. The number of rotatable bonds is 6. The van der Waals surface area contributed by atoms with Crippen molar-refractivity contribution in [1.29, 1.82) is 0 Å². The van der Waals surface area contributed by atoms with Gasteiger partial charge in [0.25, 0.3) is 5.91 Å². The Bertz CT molecular complexity index is 767. The smallest absolute Gasteiger partial charge is 0.256 e. The molecule has 0 aromatic heterocycles. The summed E-state index contributed by atoms with van der Waals surface area (Å²) in [6.07, 6.45) is 0. The number of hydrogen-bond acceptors (Lipinski definition) is 5. The highest BCUT2D eigenvalue weighted by molar-refractivity contribution is 8.01. The van der Waals surface area contributed by atoms with Gasteiger partial charge in [0.15, 0.2) is 0 Å². The molecule has 2 N–H and O–H groups in total. The van der Waals surface area contributed by atoms with Gasteiger partial charge in [-0.2, -0.15) is 0 Å². The Kier molecular flexibility index (Phi) is 5.48. The lowest BCUT2D eigenvalue weighted by Crippen LogP contribution is -2.56. The number of nitrogens with zero attached hydrogens (tertiary/aromatic N) is 1. The fourth-order valence-corrected chi connectivity index (χ4v) is 5.18. The Labute approximate surface area is 163 Å². The van der Waals surface area contributed by atoms with Crippen molar-refractivity contribution < 1.29 is 19.1 Å². The monoisotopic (exact) mass is 391 g/mol. The van der Waals surface area contributed by atoms with Crippen LogP contribution in [0, 0.1) is 0 Å². The van der Waals surface area contributed by atoms with E-state index in [-0.39, 0.29) is 23.1 Å². The van der Waals surface area contributed by atoms with Crippen LogP contribution in [0.2, 0.25) is 0 Å². The van der Waals surface area contributed by atoms with Gasteiger partial charge in [0, 0.05) is 24.0 Å². The van der Waals surface area contributed by atoms with Crippen LogP contribution in [-0.4, -0.2) is 59.7 Å². The van der Waals surface area contributed by atoms with Gasteiger partial charge in [0.1, 0.15) is 17.5 Å². The van der Waals surface area contributed by atoms with E-state index in [1.165, 1.54) is 0 Å². The van der Waals surface area contributed by atoms with Crippen molar-refractivity contribution in [3.8, 4) is 0 Å². The summed E-state index contributed by atoms with van der Waals surface area (Å²) >= 11 is 1.60. The molecular formula is C19H25N3O4S. The zero-order chi connectivity index (χ0) is 19.8. The molecular weight excluding hydrogens is 366 g/mol. The Hall–Kier alpha value is -2.06.